The van der Waals surface area contributed by atoms with Crippen LogP contribution < -0.4 is 24.0 Å². The summed E-state index contributed by atoms with van der Waals surface area (Å²) in [5, 5.41) is 11.2. The van der Waals surface area contributed by atoms with Crippen LogP contribution in [0.4, 0.5) is 27.9 Å². The third kappa shape index (κ3) is 15.0. The second-order valence-corrected chi connectivity index (χ2v) is 13.8. The van der Waals surface area contributed by atoms with Gasteiger partial charge in [-0.3, -0.25) is 4.99 Å². The third-order valence-corrected chi connectivity index (χ3v) is 9.35. The molecule has 0 amide bonds. The number of ether oxygens (including phenoxy) is 8. The zero-order chi connectivity index (χ0) is 39.9. The molecule has 5 rings (SSSR count). The van der Waals surface area contributed by atoms with Crippen molar-refractivity contribution in [2.24, 2.45) is 15.2 Å². The lowest BCUT2D eigenvalue weighted by Crippen LogP contribution is -2.34. The van der Waals surface area contributed by atoms with E-state index >= 15 is 0 Å². The number of hydrogen-bond donors (Lipinski definition) is 0. The number of aryl methyl sites for hydroxylation is 2. The van der Waals surface area contributed by atoms with Gasteiger partial charge in [-0.2, -0.15) is 0 Å². The van der Waals surface area contributed by atoms with E-state index in [4.69, 9.17) is 37.9 Å². The van der Waals surface area contributed by atoms with Gasteiger partial charge in [0.25, 0.3) is 0 Å². The van der Waals surface area contributed by atoms with Crippen molar-refractivity contribution in [1.82, 2.24) is 4.98 Å². The van der Waals surface area contributed by atoms with Crippen LogP contribution in [0.5, 0.6) is 17.2 Å². The fraction of sp³-hybridized carbons (Fsp3) is 0.476. The average molecular weight is 805 g/mol. The van der Waals surface area contributed by atoms with Gasteiger partial charge in [-0.25, -0.2) is 4.98 Å². The Balaban J connectivity index is 1.43. The van der Waals surface area contributed by atoms with Crippen LogP contribution in [0.15, 0.2) is 81.4 Å². The van der Waals surface area contributed by atoms with Gasteiger partial charge in [-0.05, 0) is 68.3 Å². The Bertz CT molecular complexity index is 1810. The number of fused-ring (bicyclic) bond motifs is 2. The van der Waals surface area contributed by atoms with Crippen LogP contribution in [0.2, 0.25) is 0 Å². The highest BCUT2D eigenvalue weighted by Crippen LogP contribution is 2.35. The standard InChI is InChI=1S/C42H56N6O8S/c1-5-50-24-25-52-19-14-47-15-20-53-27-26-51-18-12-43-36-9-6-33(2)30-39(36)54-21-16-48(17-22-55-40-31-34(3)7-10-37(40)47)38-11-8-35(32-41(38)56-28-23-49-4)45-46-42-44-13-29-57-42/h6-13,29-32H,5,14-28H2,1-4H3/b43-12+,46-45+. The number of hydrogen-bond acceptors (Lipinski definition) is 15. The quantitative estimate of drug-likeness (QED) is 0.0916. The zero-order valence-electron chi connectivity index (χ0n) is 33.6. The van der Waals surface area contributed by atoms with E-state index in [1.807, 2.05) is 55.6 Å². The molecule has 1 aliphatic rings. The number of benzene rings is 3. The van der Waals surface area contributed by atoms with Crippen molar-refractivity contribution in [3.8, 4) is 17.2 Å². The van der Waals surface area contributed by atoms with E-state index < -0.39 is 0 Å². The predicted octanol–water partition coefficient (Wildman–Crippen LogP) is 7.77. The van der Waals surface area contributed by atoms with Crippen molar-refractivity contribution in [2.45, 2.75) is 20.8 Å². The van der Waals surface area contributed by atoms with Crippen molar-refractivity contribution in [3.63, 3.8) is 0 Å². The monoisotopic (exact) mass is 804 g/mol. The Hall–Kier alpha value is -4.64. The average Bonchev–Trinajstić information content (AvgIpc) is 3.74. The molecule has 14 nitrogen and oxygen atoms in total. The summed E-state index contributed by atoms with van der Waals surface area (Å²) in [6, 6.07) is 18.1. The summed E-state index contributed by atoms with van der Waals surface area (Å²) in [7, 11) is 1.65. The molecule has 0 bridgehead atoms. The summed E-state index contributed by atoms with van der Waals surface area (Å²) in [5.41, 5.74) is 5.37. The highest BCUT2D eigenvalue weighted by atomic mass is 32.1. The SMILES string of the molecule is CCOCCOCCN1CCOCCOC/C=N/c2ccc(C)cc2OCCN(c2ccc(/N=N/c3nccs3)cc2OCCOC)CCOc2cc(C)ccc21. The molecule has 1 aromatic heterocycles. The van der Waals surface area contributed by atoms with E-state index in [-0.39, 0.29) is 0 Å². The fourth-order valence-corrected chi connectivity index (χ4v) is 6.28. The molecule has 0 aliphatic carbocycles. The maximum atomic E-state index is 6.66. The normalized spacial score (nSPS) is 15.6. The van der Waals surface area contributed by atoms with Crippen molar-refractivity contribution in [2.75, 3.05) is 122 Å². The van der Waals surface area contributed by atoms with E-state index in [1.54, 1.807) is 19.5 Å². The van der Waals surface area contributed by atoms with E-state index in [9.17, 15) is 0 Å². The molecule has 0 atom stereocenters. The lowest BCUT2D eigenvalue weighted by atomic mass is 10.2. The first-order valence-electron chi connectivity index (χ1n) is 19.4. The summed E-state index contributed by atoms with van der Waals surface area (Å²) in [6.45, 7) is 14.0. The van der Waals surface area contributed by atoms with Crippen molar-refractivity contribution >= 4 is 45.4 Å². The second kappa shape index (κ2) is 24.9. The Kier molecular flexibility index (Phi) is 19.0. The molecule has 1 aliphatic heterocycles. The number of thiazole rings is 1. The molecule has 3 aromatic carbocycles. The Morgan fingerprint density at radius 2 is 1.53 bits per heavy atom. The summed E-state index contributed by atoms with van der Waals surface area (Å²) in [6.07, 6.45) is 3.46. The van der Waals surface area contributed by atoms with Gasteiger partial charge in [0.15, 0.2) is 0 Å². The highest BCUT2D eigenvalue weighted by Gasteiger charge is 2.18. The molecule has 2 heterocycles. The number of nitrogens with zero attached hydrogens (tertiary/aromatic N) is 6. The highest BCUT2D eigenvalue weighted by molar-refractivity contribution is 7.13. The van der Waals surface area contributed by atoms with Gasteiger partial charge in [-0.15, -0.1) is 21.6 Å². The van der Waals surface area contributed by atoms with E-state index in [1.165, 1.54) is 11.3 Å². The Labute approximate surface area is 340 Å². The largest absolute Gasteiger partial charge is 0.490 e. The molecule has 0 fully saturated rings. The van der Waals surface area contributed by atoms with Gasteiger partial charge < -0.3 is 47.7 Å². The van der Waals surface area contributed by atoms with Crippen molar-refractivity contribution in [3.05, 3.63) is 77.3 Å². The fourth-order valence-electron chi connectivity index (χ4n) is 5.83. The zero-order valence-corrected chi connectivity index (χ0v) is 34.4. The number of anilines is 2. The molecule has 15 heteroatoms. The van der Waals surface area contributed by atoms with Gasteiger partial charge in [-0.1, -0.05) is 12.1 Å². The number of aromatic nitrogens is 1. The van der Waals surface area contributed by atoms with Crippen LogP contribution in [0.3, 0.4) is 0 Å². The van der Waals surface area contributed by atoms with Crippen LogP contribution >= 0.6 is 11.3 Å². The Morgan fingerprint density at radius 3 is 2.33 bits per heavy atom. The van der Waals surface area contributed by atoms with Crippen LogP contribution in [0, 0.1) is 13.8 Å². The topological polar surface area (TPSA) is 130 Å². The third-order valence-electron chi connectivity index (χ3n) is 8.69. The maximum Gasteiger partial charge on any atom is 0.229 e. The maximum absolute atomic E-state index is 6.66. The second-order valence-electron chi connectivity index (χ2n) is 12.9. The predicted molar refractivity (Wildman–Crippen MR) is 225 cm³/mol. The molecule has 0 saturated heterocycles. The van der Waals surface area contributed by atoms with Gasteiger partial charge in [0, 0.05) is 50.7 Å². The molecule has 0 saturated carbocycles. The number of azo groups is 1. The first-order chi connectivity index (χ1) is 28.0. The molecule has 57 heavy (non-hydrogen) atoms. The molecular weight excluding hydrogens is 749 g/mol. The van der Waals surface area contributed by atoms with Crippen LogP contribution in [-0.2, 0) is 23.7 Å². The molecule has 0 radical (unpaired) electrons. The number of rotatable bonds is 14. The van der Waals surface area contributed by atoms with Crippen LogP contribution in [0.1, 0.15) is 18.1 Å². The molecule has 4 aromatic rings. The summed E-state index contributed by atoms with van der Waals surface area (Å²) in [5.74, 6) is 2.11. The summed E-state index contributed by atoms with van der Waals surface area (Å²) >= 11 is 1.42. The minimum Gasteiger partial charge on any atom is -0.490 e. The minimum absolute atomic E-state index is 0.352. The Morgan fingerprint density at radius 1 is 0.754 bits per heavy atom. The van der Waals surface area contributed by atoms with E-state index in [0.29, 0.717) is 128 Å². The first kappa shape index (κ1) is 43.5. The molecule has 0 unspecified atom stereocenters. The van der Waals surface area contributed by atoms with E-state index in [2.05, 4.69) is 55.1 Å². The minimum atomic E-state index is 0.352. The molecule has 308 valence electrons. The van der Waals surface area contributed by atoms with E-state index in [0.717, 1.165) is 33.9 Å². The molecule has 0 spiro atoms. The number of methoxy groups -OCH3 is 1. The van der Waals surface area contributed by atoms with Crippen LogP contribution in [0.25, 0.3) is 0 Å². The van der Waals surface area contributed by atoms with Gasteiger partial charge in [0.2, 0.25) is 5.13 Å². The van der Waals surface area contributed by atoms with Crippen LogP contribution in [-0.4, -0.2) is 124 Å². The molecule has 0 N–H and O–H groups in total. The first-order valence-corrected chi connectivity index (χ1v) is 20.3. The van der Waals surface area contributed by atoms with Gasteiger partial charge in [0.05, 0.1) is 83.0 Å². The smallest absolute Gasteiger partial charge is 0.229 e. The van der Waals surface area contributed by atoms with Gasteiger partial charge in [0.1, 0.15) is 42.8 Å². The summed E-state index contributed by atoms with van der Waals surface area (Å²) < 4.78 is 47.9. The lowest BCUT2D eigenvalue weighted by Gasteiger charge is -2.29. The van der Waals surface area contributed by atoms with Gasteiger partial charge >= 0.3 is 0 Å². The molecular formula is C42H56N6O8S. The number of aliphatic imine (C=N–C) groups is 1. The van der Waals surface area contributed by atoms with Crippen molar-refractivity contribution < 1.29 is 37.9 Å². The summed E-state index contributed by atoms with van der Waals surface area (Å²) in [4.78, 5) is 13.3. The lowest BCUT2D eigenvalue weighted by molar-refractivity contribution is 0.0532. The van der Waals surface area contributed by atoms with Crippen molar-refractivity contribution in [1.29, 1.82) is 0 Å².